The number of carbonyl (C=O) groups is 1. The molecule has 1 aliphatic heterocycles. The number of ether oxygens (including phenoxy) is 2. The minimum Gasteiger partial charge on any atom is -0.469 e. The van der Waals surface area contributed by atoms with Gasteiger partial charge in [-0.2, -0.15) is 0 Å². The van der Waals surface area contributed by atoms with E-state index in [0.717, 1.165) is 17.7 Å². The number of esters is 1. The maximum Gasteiger partial charge on any atom is 0.380 e. The fraction of sp³-hybridized carbons (Fsp3) is 0.476. The summed E-state index contributed by atoms with van der Waals surface area (Å²) < 4.78 is 52.8. The number of hydrogen-bond acceptors (Lipinski definition) is 10. The Hall–Kier alpha value is -2.34. The van der Waals surface area contributed by atoms with Crippen molar-refractivity contribution in [3.8, 4) is 5.75 Å². The highest BCUT2D eigenvalue weighted by molar-refractivity contribution is 7.71. The van der Waals surface area contributed by atoms with Crippen molar-refractivity contribution in [2.75, 3.05) is 19.8 Å². The summed E-state index contributed by atoms with van der Waals surface area (Å²) in [6.45, 7) is -0.404. The van der Waals surface area contributed by atoms with E-state index in [4.69, 9.17) is 28.7 Å². The number of rotatable bonds is 9. The molecule has 2 aromatic rings. The van der Waals surface area contributed by atoms with E-state index in [1.165, 1.54) is 32.2 Å². The number of hydrogen-bond donors (Lipinski definition) is 3. The van der Waals surface area contributed by atoms with E-state index in [2.05, 4.69) is 9.72 Å². The normalized spacial score (nSPS) is 28.3. The maximum atomic E-state index is 13.7. The minimum atomic E-state index is -4.44. The summed E-state index contributed by atoms with van der Waals surface area (Å²) in [5.41, 5.74) is -2.62. The molecular weight excluding hydrogens is 487 g/mol. The van der Waals surface area contributed by atoms with Crippen LogP contribution in [0.2, 0.25) is 0 Å². The van der Waals surface area contributed by atoms with Gasteiger partial charge in [0.1, 0.15) is 23.6 Å². The molecule has 1 saturated heterocycles. The molecular formula is C21H27N2O9PS. The molecule has 0 radical (unpaired) electrons. The molecule has 1 aromatic heterocycles. The maximum absolute atomic E-state index is 13.7. The zero-order chi connectivity index (χ0) is 26.9. The second-order valence-electron chi connectivity index (χ2n) is 7.93. The van der Waals surface area contributed by atoms with Crippen LogP contribution < -0.4 is 10.1 Å². The number of aromatic amines is 1. The highest BCUT2D eigenvalue weighted by Crippen LogP contribution is 2.51. The standard InChI is InChI=1S/C21H27N2O9PS/c1-13(18(26)29-3)12-33(28,32-14-7-5-4-6-8-14)30-11-15-17(25)21(2,27)19(31-15)23-10-9-16(24)22-20(23)34/h4-10,13,15,17,19,25,27H,11-12H2,1-3H3,(H,22,24,34)/t13-,15-,17+,19-,21?,33?/m1/s1/i11D2. The van der Waals surface area contributed by atoms with Crippen LogP contribution in [0.25, 0.3) is 0 Å². The van der Waals surface area contributed by atoms with Crippen molar-refractivity contribution in [1.82, 2.24) is 9.55 Å². The molecule has 1 fully saturated rings. The predicted octanol–water partition coefficient (Wildman–Crippen LogP) is 2.01. The molecule has 0 amide bonds. The van der Waals surface area contributed by atoms with Gasteiger partial charge in [0.2, 0.25) is 0 Å². The number of para-hydroxylation sites is 1. The predicted molar refractivity (Wildman–Crippen MR) is 123 cm³/mol. The molecule has 3 N–H and O–H groups in total. The van der Waals surface area contributed by atoms with Crippen LogP contribution in [0.15, 0.2) is 47.4 Å². The largest absolute Gasteiger partial charge is 0.469 e. The van der Waals surface area contributed by atoms with Crippen LogP contribution in [0.5, 0.6) is 5.75 Å². The Morgan fingerprint density at radius 3 is 2.71 bits per heavy atom. The van der Waals surface area contributed by atoms with Crippen molar-refractivity contribution in [3.63, 3.8) is 0 Å². The fourth-order valence-electron chi connectivity index (χ4n) is 3.33. The topological polar surface area (TPSA) is 149 Å². The van der Waals surface area contributed by atoms with Crippen LogP contribution in [-0.4, -0.2) is 63.4 Å². The van der Waals surface area contributed by atoms with Gasteiger partial charge in [-0.1, -0.05) is 25.1 Å². The summed E-state index contributed by atoms with van der Waals surface area (Å²) in [5.74, 6) is -1.63. The Morgan fingerprint density at radius 2 is 2.09 bits per heavy atom. The van der Waals surface area contributed by atoms with Gasteiger partial charge in [-0.3, -0.25) is 23.7 Å². The third-order valence-corrected chi connectivity index (χ3v) is 7.34. The van der Waals surface area contributed by atoms with Gasteiger partial charge in [0, 0.05) is 12.3 Å². The second-order valence-corrected chi connectivity index (χ2v) is 10.3. The highest BCUT2D eigenvalue weighted by atomic mass is 32.1. The second kappa shape index (κ2) is 10.5. The average Bonchev–Trinajstić information content (AvgIpc) is 3.03. The fourth-order valence-corrected chi connectivity index (χ4v) is 5.30. The molecule has 11 nitrogen and oxygen atoms in total. The van der Waals surface area contributed by atoms with Crippen molar-refractivity contribution in [1.29, 1.82) is 0 Å². The van der Waals surface area contributed by atoms with E-state index in [0.29, 0.717) is 0 Å². The van der Waals surface area contributed by atoms with Crippen molar-refractivity contribution < 1.29 is 40.8 Å². The highest BCUT2D eigenvalue weighted by Gasteiger charge is 2.53. The van der Waals surface area contributed by atoms with Crippen LogP contribution >= 0.6 is 19.8 Å². The van der Waals surface area contributed by atoms with E-state index in [1.54, 1.807) is 18.2 Å². The summed E-state index contributed by atoms with van der Waals surface area (Å²) >= 11 is 5.09. The van der Waals surface area contributed by atoms with Crippen molar-refractivity contribution in [2.45, 2.75) is 37.9 Å². The number of benzene rings is 1. The minimum absolute atomic E-state index is 0.0889. The molecule has 2 unspecified atom stereocenters. The van der Waals surface area contributed by atoms with Crippen LogP contribution in [0, 0.1) is 10.7 Å². The Balaban J connectivity index is 1.94. The van der Waals surface area contributed by atoms with Gasteiger partial charge >= 0.3 is 13.6 Å². The summed E-state index contributed by atoms with van der Waals surface area (Å²) in [6.07, 6.45) is -4.56. The number of aliphatic hydroxyl groups is 2. The number of carbonyl (C=O) groups excluding carboxylic acids is 1. The van der Waals surface area contributed by atoms with Gasteiger partial charge in [-0.25, -0.2) is 4.57 Å². The summed E-state index contributed by atoms with van der Waals surface area (Å²) in [6, 6.07) is 8.91. The lowest BCUT2D eigenvalue weighted by Crippen LogP contribution is -2.44. The molecule has 1 aromatic carbocycles. The van der Waals surface area contributed by atoms with Gasteiger partial charge < -0.3 is 24.2 Å². The Bertz CT molecular complexity index is 1250. The first-order valence-electron chi connectivity index (χ1n) is 11.2. The van der Waals surface area contributed by atoms with Gasteiger partial charge in [0.15, 0.2) is 11.0 Å². The molecule has 0 spiro atoms. The van der Waals surface area contributed by atoms with Crippen molar-refractivity contribution >= 4 is 25.8 Å². The van der Waals surface area contributed by atoms with Crippen LogP contribution in [0.4, 0.5) is 0 Å². The quantitative estimate of drug-likeness (QED) is 0.257. The Labute approximate surface area is 203 Å². The van der Waals surface area contributed by atoms with Gasteiger partial charge in [-0.05, 0) is 31.3 Å². The summed E-state index contributed by atoms with van der Waals surface area (Å²) in [7, 11) is -3.29. The molecule has 3 rings (SSSR count). The first kappa shape index (κ1) is 23.4. The number of nitrogens with one attached hydrogen (secondary N) is 1. The molecule has 2 heterocycles. The van der Waals surface area contributed by atoms with Crippen LogP contribution in [0.1, 0.15) is 22.8 Å². The lowest BCUT2D eigenvalue weighted by molar-refractivity contribution is -0.144. The SMILES string of the molecule is [2H]C([2H])(OP(=O)(C[C@@H](C)C(=O)OC)Oc1ccccc1)[C@H]1O[C@@H](n2ccc(=O)[nH]c2=S)C(C)(O)[C@H]1O. The molecule has 34 heavy (non-hydrogen) atoms. The van der Waals surface area contributed by atoms with E-state index < -0.39 is 61.8 Å². The monoisotopic (exact) mass is 516 g/mol. The van der Waals surface area contributed by atoms with Gasteiger partial charge in [0.25, 0.3) is 5.56 Å². The van der Waals surface area contributed by atoms with Crippen LogP contribution in [0.3, 0.4) is 0 Å². The number of methoxy groups -OCH3 is 1. The third kappa shape index (κ3) is 5.83. The first-order valence-corrected chi connectivity index (χ1v) is 12.3. The number of nitrogens with zero attached hydrogens (tertiary/aromatic N) is 1. The lowest BCUT2D eigenvalue weighted by atomic mass is 9.96. The first-order chi connectivity index (χ1) is 16.7. The third-order valence-electron chi connectivity index (χ3n) is 5.16. The van der Waals surface area contributed by atoms with E-state index in [1.807, 2.05) is 0 Å². The van der Waals surface area contributed by atoms with Gasteiger partial charge in [0.05, 0.1) is 28.5 Å². The van der Waals surface area contributed by atoms with E-state index in [-0.39, 0.29) is 10.5 Å². The molecule has 1 aliphatic rings. The van der Waals surface area contributed by atoms with Crippen molar-refractivity contribution in [3.05, 3.63) is 57.7 Å². The van der Waals surface area contributed by atoms with Gasteiger partial charge in [-0.15, -0.1) is 0 Å². The lowest BCUT2D eigenvalue weighted by Gasteiger charge is -2.28. The van der Waals surface area contributed by atoms with E-state index >= 15 is 0 Å². The smallest absolute Gasteiger partial charge is 0.380 e. The molecule has 186 valence electrons. The summed E-state index contributed by atoms with van der Waals surface area (Å²) in [5, 5.41) is 21.8. The Kier molecular flexibility index (Phi) is 7.23. The molecule has 0 aliphatic carbocycles. The molecule has 0 saturated carbocycles. The molecule has 0 bridgehead atoms. The Morgan fingerprint density at radius 1 is 1.41 bits per heavy atom. The number of aromatic nitrogens is 2. The zero-order valence-electron chi connectivity index (χ0n) is 20.6. The summed E-state index contributed by atoms with van der Waals surface area (Å²) in [4.78, 5) is 25.8. The zero-order valence-corrected chi connectivity index (χ0v) is 20.3. The molecule has 6 atom stereocenters. The van der Waals surface area contributed by atoms with E-state index in [9.17, 15) is 24.4 Å². The number of aliphatic hydroxyl groups excluding tert-OH is 1. The molecule has 13 heteroatoms. The average molecular weight is 517 g/mol. The number of H-pyrrole nitrogens is 1. The van der Waals surface area contributed by atoms with Crippen LogP contribution in [-0.2, 0) is 23.4 Å². The van der Waals surface area contributed by atoms with Crippen molar-refractivity contribution in [2.24, 2.45) is 5.92 Å².